The maximum Gasteiger partial charge on any atom is 0.240 e. The third kappa shape index (κ3) is 4.72. The van der Waals surface area contributed by atoms with Crippen molar-refractivity contribution in [2.75, 3.05) is 13.7 Å². The van der Waals surface area contributed by atoms with E-state index >= 15 is 0 Å². The molecule has 0 saturated carbocycles. The Labute approximate surface area is 143 Å². The fourth-order valence-corrected chi connectivity index (χ4v) is 3.15. The highest BCUT2D eigenvalue weighted by Gasteiger charge is 2.14. The van der Waals surface area contributed by atoms with Crippen LogP contribution in [-0.4, -0.2) is 22.1 Å². The van der Waals surface area contributed by atoms with Gasteiger partial charge in [0.15, 0.2) is 11.5 Å². The standard InChI is InChI=1S/C18H23NO4S/c1-4-11-23-17-10-7-15(12-18(17)22-3)13-19-24(20,21)16-8-5-14(2)6-9-16/h5-10,12,19H,4,11,13H2,1-3H3. The molecule has 2 aromatic rings. The molecule has 0 unspecified atom stereocenters. The van der Waals surface area contributed by atoms with E-state index in [4.69, 9.17) is 9.47 Å². The van der Waals surface area contributed by atoms with Gasteiger partial charge in [-0.25, -0.2) is 13.1 Å². The Balaban J connectivity index is 2.09. The number of hydrogen-bond donors (Lipinski definition) is 1. The molecule has 24 heavy (non-hydrogen) atoms. The summed E-state index contributed by atoms with van der Waals surface area (Å²) in [5, 5.41) is 0. The predicted octanol–water partition coefficient (Wildman–Crippen LogP) is 3.27. The molecule has 6 heteroatoms. The van der Waals surface area contributed by atoms with Crippen molar-refractivity contribution in [2.24, 2.45) is 0 Å². The number of hydrogen-bond acceptors (Lipinski definition) is 4. The van der Waals surface area contributed by atoms with E-state index in [1.54, 1.807) is 43.5 Å². The number of benzene rings is 2. The summed E-state index contributed by atoms with van der Waals surface area (Å²) in [7, 11) is -1.98. The van der Waals surface area contributed by atoms with Crippen LogP contribution in [0.15, 0.2) is 47.4 Å². The summed E-state index contributed by atoms with van der Waals surface area (Å²) >= 11 is 0. The molecule has 0 bridgehead atoms. The van der Waals surface area contributed by atoms with Gasteiger partial charge in [0, 0.05) is 6.54 Å². The topological polar surface area (TPSA) is 64.6 Å². The van der Waals surface area contributed by atoms with Crippen molar-refractivity contribution < 1.29 is 17.9 Å². The molecule has 0 spiro atoms. The van der Waals surface area contributed by atoms with Crippen LogP contribution in [-0.2, 0) is 16.6 Å². The van der Waals surface area contributed by atoms with Crippen molar-refractivity contribution in [2.45, 2.75) is 31.7 Å². The summed E-state index contributed by atoms with van der Waals surface area (Å²) in [6, 6.07) is 12.1. The highest BCUT2D eigenvalue weighted by Crippen LogP contribution is 2.28. The van der Waals surface area contributed by atoms with E-state index in [1.165, 1.54) is 0 Å². The molecular formula is C18H23NO4S. The summed E-state index contributed by atoms with van der Waals surface area (Å²) in [6.07, 6.45) is 0.904. The number of sulfonamides is 1. The van der Waals surface area contributed by atoms with Crippen molar-refractivity contribution in [3.05, 3.63) is 53.6 Å². The Hall–Kier alpha value is -2.05. The molecule has 2 rings (SSSR count). The second kappa shape index (κ2) is 8.17. The van der Waals surface area contributed by atoms with Gasteiger partial charge in [-0.15, -0.1) is 0 Å². The average molecular weight is 349 g/mol. The van der Waals surface area contributed by atoms with Gasteiger partial charge in [-0.2, -0.15) is 0 Å². The van der Waals surface area contributed by atoms with Crippen LogP contribution in [0.5, 0.6) is 11.5 Å². The Morgan fingerprint density at radius 1 is 1.04 bits per heavy atom. The second-order valence-corrected chi connectivity index (χ2v) is 7.24. The number of nitrogens with one attached hydrogen (secondary N) is 1. The molecule has 0 aromatic heterocycles. The second-order valence-electron chi connectivity index (χ2n) is 5.47. The molecule has 0 aliphatic heterocycles. The number of ether oxygens (including phenoxy) is 2. The molecule has 5 nitrogen and oxygen atoms in total. The minimum atomic E-state index is -3.54. The zero-order chi connectivity index (χ0) is 17.6. The summed E-state index contributed by atoms with van der Waals surface area (Å²) in [5.74, 6) is 1.25. The average Bonchev–Trinajstić information content (AvgIpc) is 2.59. The van der Waals surface area contributed by atoms with Crippen LogP contribution in [0.4, 0.5) is 0 Å². The summed E-state index contributed by atoms with van der Waals surface area (Å²) < 4.78 is 38.1. The summed E-state index contributed by atoms with van der Waals surface area (Å²) in [5.41, 5.74) is 1.81. The molecule has 1 N–H and O–H groups in total. The minimum Gasteiger partial charge on any atom is -0.493 e. The number of rotatable bonds is 8. The van der Waals surface area contributed by atoms with Crippen molar-refractivity contribution >= 4 is 10.0 Å². The van der Waals surface area contributed by atoms with Crippen molar-refractivity contribution in [1.82, 2.24) is 4.72 Å². The fourth-order valence-electron chi connectivity index (χ4n) is 2.13. The van der Waals surface area contributed by atoms with E-state index in [-0.39, 0.29) is 11.4 Å². The van der Waals surface area contributed by atoms with Gasteiger partial charge in [-0.3, -0.25) is 0 Å². The SMILES string of the molecule is CCCOc1ccc(CNS(=O)(=O)c2ccc(C)cc2)cc1OC. The first-order chi connectivity index (χ1) is 11.5. The molecule has 130 valence electrons. The molecule has 2 aromatic carbocycles. The van der Waals surface area contributed by atoms with E-state index in [9.17, 15) is 8.42 Å². The third-order valence-electron chi connectivity index (χ3n) is 3.49. The predicted molar refractivity (Wildman–Crippen MR) is 94.0 cm³/mol. The van der Waals surface area contributed by atoms with Gasteiger partial charge < -0.3 is 9.47 Å². The quantitative estimate of drug-likeness (QED) is 0.794. The lowest BCUT2D eigenvalue weighted by Crippen LogP contribution is -2.23. The lowest BCUT2D eigenvalue weighted by atomic mass is 10.2. The minimum absolute atomic E-state index is 0.181. The van der Waals surface area contributed by atoms with E-state index in [1.807, 2.05) is 19.9 Å². The zero-order valence-electron chi connectivity index (χ0n) is 14.2. The highest BCUT2D eigenvalue weighted by molar-refractivity contribution is 7.89. The van der Waals surface area contributed by atoms with Gasteiger partial charge in [0.05, 0.1) is 18.6 Å². The van der Waals surface area contributed by atoms with Gasteiger partial charge in [0.25, 0.3) is 0 Å². The van der Waals surface area contributed by atoms with E-state index < -0.39 is 10.0 Å². The van der Waals surface area contributed by atoms with Crippen molar-refractivity contribution in [3.8, 4) is 11.5 Å². The highest BCUT2D eigenvalue weighted by atomic mass is 32.2. The molecule has 0 aliphatic rings. The molecule has 0 amide bonds. The summed E-state index contributed by atoms with van der Waals surface area (Å²) in [6.45, 7) is 4.73. The van der Waals surface area contributed by atoms with Crippen LogP contribution < -0.4 is 14.2 Å². The van der Waals surface area contributed by atoms with Crippen LogP contribution in [0.2, 0.25) is 0 Å². The number of methoxy groups -OCH3 is 1. The normalized spacial score (nSPS) is 11.3. The first kappa shape index (κ1) is 18.3. The van der Waals surface area contributed by atoms with Crippen molar-refractivity contribution in [1.29, 1.82) is 0 Å². The molecular weight excluding hydrogens is 326 g/mol. The Morgan fingerprint density at radius 2 is 1.75 bits per heavy atom. The van der Waals surface area contributed by atoms with Crippen molar-refractivity contribution in [3.63, 3.8) is 0 Å². The monoisotopic (exact) mass is 349 g/mol. The Bertz CT molecular complexity index is 770. The first-order valence-corrected chi connectivity index (χ1v) is 9.30. The maximum atomic E-state index is 12.3. The van der Waals surface area contributed by atoms with E-state index in [0.717, 1.165) is 17.5 Å². The smallest absolute Gasteiger partial charge is 0.240 e. The molecule has 0 heterocycles. The Kier molecular flexibility index (Phi) is 6.23. The van der Waals surface area contributed by atoms with E-state index in [0.29, 0.717) is 18.1 Å². The molecule has 0 saturated heterocycles. The van der Waals surface area contributed by atoms with Crippen LogP contribution in [0.25, 0.3) is 0 Å². The van der Waals surface area contributed by atoms with Gasteiger partial charge >= 0.3 is 0 Å². The largest absolute Gasteiger partial charge is 0.493 e. The maximum absolute atomic E-state index is 12.3. The van der Waals surface area contributed by atoms with Gasteiger partial charge in [0.2, 0.25) is 10.0 Å². The zero-order valence-corrected chi connectivity index (χ0v) is 15.0. The van der Waals surface area contributed by atoms with Gasteiger partial charge in [0.1, 0.15) is 0 Å². The van der Waals surface area contributed by atoms with Crippen LogP contribution in [0.3, 0.4) is 0 Å². The number of aryl methyl sites for hydroxylation is 1. The summed E-state index contributed by atoms with van der Waals surface area (Å²) in [4.78, 5) is 0.253. The van der Waals surface area contributed by atoms with Crippen LogP contribution in [0, 0.1) is 6.92 Å². The van der Waals surface area contributed by atoms with Crippen LogP contribution >= 0.6 is 0 Å². The molecule has 0 fully saturated rings. The lowest BCUT2D eigenvalue weighted by Gasteiger charge is -2.12. The molecule has 0 atom stereocenters. The first-order valence-electron chi connectivity index (χ1n) is 7.82. The van der Waals surface area contributed by atoms with Gasteiger partial charge in [-0.05, 0) is 43.2 Å². The Morgan fingerprint density at radius 3 is 2.38 bits per heavy atom. The molecule has 0 aliphatic carbocycles. The lowest BCUT2D eigenvalue weighted by molar-refractivity contribution is 0.294. The third-order valence-corrected chi connectivity index (χ3v) is 4.90. The van der Waals surface area contributed by atoms with Gasteiger partial charge in [-0.1, -0.05) is 30.7 Å². The van der Waals surface area contributed by atoms with E-state index in [2.05, 4.69) is 4.72 Å². The molecule has 0 radical (unpaired) electrons. The van der Waals surface area contributed by atoms with Crippen LogP contribution in [0.1, 0.15) is 24.5 Å². The fraction of sp³-hybridized carbons (Fsp3) is 0.333.